The number of phosphoric acid groups is 3. The van der Waals surface area contributed by atoms with Gasteiger partial charge in [0.15, 0.2) is 6.23 Å². The maximum Gasteiger partial charge on any atom is 0.490 e. The third-order valence-corrected chi connectivity index (χ3v) is 7.27. The lowest BCUT2D eigenvalue weighted by Crippen LogP contribution is -2.54. The number of carbonyl (C=O) groups excluding carboxylic acids is 1. The molecule has 0 bridgehead atoms. The molecule has 6 atom stereocenters. The number of alkyl halides is 1. The number of nitrogens with one attached hydrogen (secondary N) is 1. The number of aliphatic hydroxyl groups excluding tert-OH is 1. The van der Waals surface area contributed by atoms with Crippen molar-refractivity contribution in [3.63, 3.8) is 0 Å². The summed E-state index contributed by atoms with van der Waals surface area (Å²) in [4.78, 5) is 47.7. The Morgan fingerprint density at radius 3 is 2.42 bits per heavy atom. The molecule has 16 nitrogen and oxygen atoms in total. The van der Waals surface area contributed by atoms with Crippen LogP contribution in [0.4, 0.5) is 4.39 Å². The van der Waals surface area contributed by atoms with E-state index in [1.807, 2.05) is 0 Å². The largest absolute Gasteiger partial charge is 0.490 e. The highest BCUT2D eigenvalue weighted by Crippen LogP contribution is 2.66. The number of rotatable bonds is 8. The van der Waals surface area contributed by atoms with Gasteiger partial charge in [-0.2, -0.15) is 8.62 Å². The molecule has 0 radical (unpaired) electrons. The van der Waals surface area contributed by atoms with Crippen molar-refractivity contribution >= 4 is 29.4 Å². The lowest BCUT2D eigenvalue weighted by molar-refractivity contribution is -0.207. The molecule has 2 rings (SSSR count). The molecular formula is C11H18FN2O14P3. The van der Waals surface area contributed by atoms with Gasteiger partial charge >= 0.3 is 23.5 Å². The second-order valence-corrected chi connectivity index (χ2v) is 10.5. The highest BCUT2D eigenvalue weighted by atomic mass is 31.3. The Balaban J connectivity index is 2.33. The van der Waals surface area contributed by atoms with Crippen LogP contribution < -0.4 is 5.32 Å². The molecule has 0 aromatic carbocycles. The second-order valence-electron chi connectivity index (χ2n) is 6.19. The fourth-order valence-electron chi connectivity index (χ4n) is 2.40. The summed E-state index contributed by atoms with van der Waals surface area (Å²) in [5, 5.41) is 23.0. The summed E-state index contributed by atoms with van der Waals surface area (Å²) in [5.41, 5.74) is -2.71. The van der Waals surface area contributed by atoms with Crippen molar-refractivity contribution in [1.82, 2.24) is 10.2 Å². The first-order valence-electron chi connectivity index (χ1n) is 8.61. The Kier molecular flexibility index (Phi) is 6.26. The van der Waals surface area contributed by atoms with Gasteiger partial charge in [-0.3, -0.25) is 9.32 Å². The molecule has 0 saturated carbocycles. The zero-order valence-corrected chi connectivity index (χ0v) is 17.8. The molecule has 1 saturated heterocycles. The van der Waals surface area contributed by atoms with Gasteiger partial charge in [0.1, 0.15) is 24.1 Å². The third-order valence-electron chi connectivity index (χ3n) is 3.62. The second kappa shape index (κ2) is 8.39. The summed E-state index contributed by atoms with van der Waals surface area (Å²) in [6, 6.07) is 0. The zero-order chi connectivity index (χ0) is 25.8. The van der Waals surface area contributed by atoms with E-state index in [1.165, 1.54) is 0 Å². The lowest BCUT2D eigenvalue weighted by atomic mass is 9.95. The molecule has 2 heterocycles. The predicted octanol–water partition coefficient (Wildman–Crippen LogP) is -1.12. The van der Waals surface area contributed by atoms with Gasteiger partial charge in [0.2, 0.25) is 0 Å². The minimum Gasteiger partial charge on any atom is -0.384 e. The molecule has 2 aliphatic heterocycles. The number of aliphatic hydroxyl groups is 2. The van der Waals surface area contributed by atoms with Crippen molar-refractivity contribution in [3.05, 3.63) is 24.7 Å². The van der Waals surface area contributed by atoms with Crippen molar-refractivity contribution in [2.45, 2.75) is 30.7 Å². The van der Waals surface area contributed by atoms with E-state index in [0.29, 0.717) is 0 Å². The Labute approximate surface area is 175 Å². The third kappa shape index (κ3) is 6.27. The molecule has 0 aromatic heterocycles. The first-order chi connectivity index (χ1) is 14.5. The van der Waals surface area contributed by atoms with Crippen LogP contribution in [-0.2, 0) is 36.4 Å². The highest BCUT2D eigenvalue weighted by molar-refractivity contribution is 7.66. The molecule has 7 N–H and O–H groups in total. The zero-order valence-electron chi connectivity index (χ0n) is 17.1. The number of halogens is 1. The van der Waals surface area contributed by atoms with E-state index >= 15 is 4.39 Å². The molecule has 0 aliphatic carbocycles. The first-order valence-corrected chi connectivity index (χ1v) is 12.1. The van der Waals surface area contributed by atoms with Gasteiger partial charge in [0.05, 0.1) is 2.74 Å². The molecule has 1 amide bonds. The maximum atomic E-state index is 15.5. The van der Waals surface area contributed by atoms with Crippen LogP contribution in [0.3, 0.4) is 0 Å². The molecule has 1 fully saturated rings. The average Bonchev–Trinajstić information content (AvgIpc) is 2.72. The number of hydrogen-bond acceptors (Lipinski definition) is 11. The van der Waals surface area contributed by atoms with E-state index in [0.717, 1.165) is 24.1 Å². The van der Waals surface area contributed by atoms with Crippen molar-refractivity contribution in [1.29, 1.82) is 0 Å². The van der Waals surface area contributed by atoms with Crippen LogP contribution in [-0.4, -0.2) is 70.9 Å². The fraction of sp³-hybridized carbons (Fsp3) is 0.545. The average molecular weight is 516 g/mol. The molecule has 2 aliphatic rings. The minimum atomic E-state index is -6.23. The summed E-state index contributed by atoms with van der Waals surface area (Å²) in [6.07, 6.45) is -3.10. The molecular weight excluding hydrogens is 496 g/mol. The minimum absolute atomic E-state index is 0.308. The van der Waals surface area contributed by atoms with Gasteiger partial charge in [-0.25, -0.2) is 18.1 Å². The Hall–Kier alpha value is -1.03. The SMILES string of the molecule is [2H]C([2H])(OP(=O)(O)OP(=O)(O)OP(=O)(O)O)[C@@]1(F)O[C@@H](N2C=CC(=O)NC2=C)[C@](C)(O)[C@@H]1O. The van der Waals surface area contributed by atoms with E-state index in [9.17, 15) is 33.6 Å². The quantitative estimate of drug-likeness (QED) is 0.189. The molecule has 178 valence electrons. The van der Waals surface area contributed by atoms with E-state index in [-0.39, 0.29) is 5.82 Å². The van der Waals surface area contributed by atoms with Gasteiger partial charge in [-0.1, -0.05) is 6.58 Å². The summed E-state index contributed by atoms with van der Waals surface area (Å²) < 4.78 is 80.1. The maximum absolute atomic E-state index is 15.5. The van der Waals surface area contributed by atoms with Gasteiger partial charge < -0.3 is 44.7 Å². The molecule has 0 aromatic rings. The fourth-order valence-corrected chi connectivity index (χ4v) is 5.28. The van der Waals surface area contributed by atoms with Gasteiger partial charge in [0, 0.05) is 12.3 Å². The van der Waals surface area contributed by atoms with Crippen molar-refractivity contribution in [2.75, 3.05) is 6.56 Å². The highest BCUT2D eigenvalue weighted by Gasteiger charge is 2.64. The van der Waals surface area contributed by atoms with Gasteiger partial charge in [0.25, 0.3) is 11.8 Å². The van der Waals surface area contributed by atoms with Gasteiger partial charge in [-0.05, 0) is 6.92 Å². The normalized spacial score (nSPS) is 37.0. The van der Waals surface area contributed by atoms with Crippen LogP contribution in [0.15, 0.2) is 24.7 Å². The van der Waals surface area contributed by atoms with E-state index < -0.39 is 59.7 Å². The predicted molar refractivity (Wildman–Crippen MR) is 93.4 cm³/mol. The van der Waals surface area contributed by atoms with Crippen LogP contribution in [0, 0.1) is 0 Å². The lowest BCUT2D eigenvalue weighted by Gasteiger charge is -2.36. The Bertz CT molecular complexity index is 1020. The Morgan fingerprint density at radius 1 is 1.32 bits per heavy atom. The summed E-state index contributed by atoms with van der Waals surface area (Å²) in [5.74, 6) is -5.18. The molecule has 31 heavy (non-hydrogen) atoms. The number of phosphoric ester groups is 1. The standard InChI is InChI=1S/C11H18FN2O14P3/c1-6-13-7(15)3-4-14(6)9-10(2,17)8(16)11(12,26-9)5-25-30(21,22)28-31(23,24)27-29(18,19)20/h3-4,8-9,16-17H,1,5H2,2H3,(H,13,15)(H,21,22)(H,23,24)(H2,18,19,20)/t8-,9+,10+,11+/m0/s1/i5D2. The molecule has 0 spiro atoms. The van der Waals surface area contributed by atoms with Crippen LogP contribution in [0.1, 0.15) is 9.67 Å². The van der Waals surface area contributed by atoms with E-state index in [2.05, 4.69) is 25.0 Å². The number of nitrogens with zero attached hydrogens (tertiary/aromatic N) is 1. The molecule has 20 heteroatoms. The van der Waals surface area contributed by atoms with Crippen LogP contribution in [0.25, 0.3) is 0 Å². The van der Waals surface area contributed by atoms with E-state index in [1.54, 1.807) is 0 Å². The topological polar surface area (TPSA) is 242 Å². The number of hydrogen-bond donors (Lipinski definition) is 7. The smallest absolute Gasteiger partial charge is 0.384 e. The van der Waals surface area contributed by atoms with Crippen molar-refractivity contribution in [2.24, 2.45) is 0 Å². The van der Waals surface area contributed by atoms with E-state index in [4.69, 9.17) is 22.2 Å². The molecule has 2 unspecified atom stereocenters. The van der Waals surface area contributed by atoms with Crippen LogP contribution >= 0.6 is 23.5 Å². The van der Waals surface area contributed by atoms with Crippen molar-refractivity contribution < 1.29 is 73.3 Å². The number of carbonyl (C=O) groups is 1. The van der Waals surface area contributed by atoms with Gasteiger partial charge in [-0.15, -0.1) is 0 Å². The number of ether oxygens (including phenoxy) is 1. The summed E-state index contributed by atoms with van der Waals surface area (Å²) in [7, 11) is -18.1. The summed E-state index contributed by atoms with van der Waals surface area (Å²) >= 11 is 0. The monoisotopic (exact) mass is 516 g/mol. The Morgan fingerprint density at radius 2 is 1.90 bits per heavy atom. The van der Waals surface area contributed by atoms with Crippen LogP contribution in [0.5, 0.6) is 0 Å². The summed E-state index contributed by atoms with van der Waals surface area (Å²) in [6.45, 7) is -0.0808. The first kappa shape index (κ1) is 23.1. The van der Waals surface area contributed by atoms with Crippen molar-refractivity contribution in [3.8, 4) is 0 Å². The number of amides is 1. The van der Waals surface area contributed by atoms with Crippen LogP contribution in [0.2, 0.25) is 0 Å².